The standard InChI is InChI=1S/C20H19F3N2O2/c1-2-13-3-6-15(9-18(13)20(21,22)23)19-17(14-4-5-14)11-25(24-19)10-16-12-26-7-8-27-16/h1,3,6,9,11,14,16H,4-5,7-8,10,12H2/t16-/m0/s1. The fraction of sp³-hybridized carbons (Fsp3) is 0.450. The second-order valence-electron chi connectivity index (χ2n) is 6.90. The molecule has 1 saturated carbocycles. The van der Waals surface area contributed by atoms with Crippen LogP contribution >= 0.6 is 0 Å². The van der Waals surface area contributed by atoms with E-state index in [0.717, 1.165) is 24.5 Å². The van der Waals surface area contributed by atoms with Crippen molar-refractivity contribution in [3.05, 3.63) is 41.1 Å². The van der Waals surface area contributed by atoms with Gasteiger partial charge in [0.15, 0.2) is 0 Å². The summed E-state index contributed by atoms with van der Waals surface area (Å²) in [6.07, 6.45) is 4.60. The van der Waals surface area contributed by atoms with Crippen LogP contribution in [0.1, 0.15) is 35.4 Å². The summed E-state index contributed by atoms with van der Waals surface area (Å²) in [7, 11) is 0. The first-order valence-electron chi connectivity index (χ1n) is 8.90. The minimum absolute atomic E-state index is 0.104. The molecule has 1 aromatic heterocycles. The van der Waals surface area contributed by atoms with Crippen molar-refractivity contribution in [3.63, 3.8) is 0 Å². The quantitative estimate of drug-likeness (QED) is 0.761. The van der Waals surface area contributed by atoms with E-state index in [1.165, 1.54) is 6.07 Å². The fourth-order valence-electron chi connectivity index (χ4n) is 3.35. The van der Waals surface area contributed by atoms with Crippen molar-refractivity contribution < 1.29 is 22.6 Å². The van der Waals surface area contributed by atoms with Gasteiger partial charge in [0.1, 0.15) is 6.10 Å². The topological polar surface area (TPSA) is 36.3 Å². The summed E-state index contributed by atoms with van der Waals surface area (Å²) >= 11 is 0. The predicted molar refractivity (Wildman–Crippen MR) is 93.1 cm³/mol. The van der Waals surface area contributed by atoms with Gasteiger partial charge >= 0.3 is 6.18 Å². The average Bonchev–Trinajstić information content (AvgIpc) is 3.42. The van der Waals surface area contributed by atoms with Gasteiger partial charge in [-0.3, -0.25) is 4.68 Å². The number of nitrogens with zero attached hydrogens (tertiary/aromatic N) is 2. The van der Waals surface area contributed by atoms with E-state index in [9.17, 15) is 13.2 Å². The largest absolute Gasteiger partial charge is 0.417 e. The number of ether oxygens (including phenoxy) is 2. The summed E-state index contributed by atoms with van der Waals surface area (Å²) in [4.78, 5) is 0. The third-order valence-electron chi connectivity index (χ3n) is 4.84. The average molecular weight is 376 g/mol. The van der Waals surface area contributed by atoms with Gasteiger partial charge in [0, 0.05) is 22.9 Å². The Bertz CT molecular complexity index is 872. The summed E-state index contributed by atoms with van der Waals surface area (Å²) in [5.74, 6) is 2.46. The molecule has 1 aliphatic carbocycles. The van der Waals surface area contributed by atoms with Gasteiger partial charge in [-0.15, -0.1) is 6.42 Å². The van der Waals surface area contributed by atoms with Crippen molar-refractivity contribution in [1.82, 2.24) is 9.78 Å². The molecule has 1 atom stereocenters. The first-order chi connectivity index (χ1) is 13.0. The Morgan fingerprint density at radius 1 is 1.26 bits per heavy atom. The summed E-state index contributed by atoms with van der Waals surface area (Å²) < 4.78 is 52.9. The Kier molecular flexibility index (Phi) is 4.70. The molecule has 0 bridgehead atoms. The third kappa shape index (κ3) is 3.87. The molecule has 4 nitrogen and oxygen atoms in total. The first kappa shape index (κ1) is 18.1. The van der Waals surface area contributed by atoms with E-state index in [2.05, 4.69) is 11.0 Å². The highest BCUT2D eigenvalue weighted by Crippen LogP contribution is 2.45. The van der Waals surface area contributed by atoms with Crippen molar-refractivity contribution in [2.45, 2.75) is 37.6 Å². The van der Waals surface area contributed by atoms with Crippen LogP contribution in [0.3, 0.4) is 0 Å². The lowest BCUT2D eigenvalue weighted by Crippen LogP contribution is -2.32. The monoisotopic (exact) mass is 376 g/mol. The molecule has 27 heavy (non-hydrogen) atoms. The molecule has 0 N–H and O–H groups in total. The molecule has 4 rings (SSSR count). The fourth-order valence-corrected chi connectivity index (χ4v) is 3.35. The molecule has 1 saturated heterocycles. The van der Waals surface area contributed by atoms with E-state index in [4.69, 9.17) is 15.9 Å². The molecule has 2 fully saturated rings. The van der Waals surface area contributed by atoms with Gasteiger partial charge in [-0.2, -0.15) is 18.3 Å². The van der Waals surface area contributed by atoms with Crippen LogP contribution < -0.4 is 0 Å². The second-order valence-corrected chi connectivity index (χ2v) is 6.90. The van der Waals surface area contributed by atoms with Gasteiger partial charge in [-0.1, -0.05) is 12.0 Å². The van der Waals surface area contributed by atoms with Crippen molar-refractivity contribution in [2.24, 2.45) is 0 Å². The number of halogens is 3. The first-order valence-corrected chi connectivity index (χ1v) is 8.90. The molecule has 7 heteroatoms. The molecule has 0 amide bonds. The zero-order valence-corrected chi connectivity index (χ0v) is 14.6. The molecule has 2 heterocycles. The summed E-state index contributed by atoms with van der Waals surface area (Å²) in [5, 5.41) is 4.58. The van der Waals surface area contributed by atoms with Crippen LogP contribution in [0.5, 0.6) is 0 Å². The second kappa shape index (κ2) is 7.02. The van der Waals surface area contributed by atoms with Crippen molar-refractivity contribution in [2.75, 3.05) is 19.8 Å². The molecule has 2 aromatic rings. The van der Waals surface area contributed by atoms with Gasteiger partial charge in [0.05, 0.1) is 37.6 Å². The SMILES string of the molecule is C#Cc1ccc(-c2nn(C[C@H]3COCCO3)cc2C2CC2)cc1C(F)(F)F. The molecule has 1 aliphatic heterocycles. The summed E-state index contributed by atoms with van der Waals surface area (Å²) in [6.45, 7) is 2.12. The smallest absolute Gasteiger partial charge is 0.376 e. The lowest BCUT2D eigenvalue weighted by molar-refractivity contribution is -0.137. The Morgan fingerprint density at radius 3 is 2.70 bits per heavy atom. The van der Waals surface area contributed by atoms with E-state index in [1.54, 1.807) is 10.7 Å². The number of rotatable bonds is 4. The Hall–Kier alpha value is -2.30. The minimum Gasteiger partial charge on any atom is -0.376 e. The summed E-state index contributed by atoms with van der Waals surface area (Å²) in [6, 6.07) is 4.06. The minimum atomic E-state index is -4.51. The van der Waals surface area contributed by atoms with Gasteiger partial charge < -0.3 is 9.47 Å². The van der Waals surface area contributed by atoms with Crippen LogP contribution in [-0.4, -0.2) is 35.7 Å². The van der Waals surface area contributed by atoms with Crippen LogP contribution in [0.25, 0.3) is 11.3 Å². The highest BCUT2D eigenvalue weighted by Gasteiger charge is 2.35. The lowest BCUT2D eigenvalue weighted by Gasteiger charge is -2.22. The zero-order valence-electron chi connectivity index (χ0n) is 14.6. The summed E-state index contributed by atoms with van der Waals surface area (Å²) in [5.41, 5.74) is 1.04. The van der Waals surface area contributed by atoms with Gasteiger partial charge in [-0.05, 0) is 30.9 Å². The maximum atomic E-state index is 13.4. The van der Waals surface area contributed by atoms with Gasteiger partial charge in [0.25, 0.3) is 0 Å². The van der Waals surface area contributed by atoms with E-state index in [0.29, 0.717) is 43.5 Å². The van der Waals surface area contributed by atoms with Crippen molar-refractivity contribution >= 4 is 0 Å². The number of hydrogen-bond acceptors (Lipinski definition) is 3. The van der Waals surface area contributed by atoms with E-state index in [-0.39, 0.29) is 11.7 Å². The van der Waals surface area contributed by atoms with E-state index < -0.39 is 11.7 Å². The van der Waals surface area contributed by atoms with Crippen molar-refractivity contribution in [3.8, 4) is 23.6 Å². The maximum Gasteiger partial charge on any atom is 0.417 e. The predicted octanol–water partition coefficient (Wildman–Crippen LogP) is 3.84. The number of aromatic nitrogens is 2. The molecule has 142 valence electrons. The molecule has 2 aliphatic rings. The van der Waals surface area contributed by atoms with E-state index in [1.807, 2.05) is 6.20 Å². The molecular weight excluding hydrogens is 357 g/mol. The van der Waals surface area contributed by atoms with Crippen LogP contribution in [0.15, 0.2) is 24.4 Å². The van der Waals surface area contributed by atoms with Crippen molar-refractivity contribution in [1.29, 1.82) is 0 Å². The van der Waals surface area contributed by atoms with Crippen LogP contribution in [0.2, 0.25) is 0 Å². The van der Waals surface area contributed by atoms with E-state index >= 15 is 0 Å². The molecular formula is C20H19F3N2O2. The molecule has 0 radical (unpaired) electrons. The van der Waals surface area contributed by atoms with Gasteiger partial charge in [-0.25, -0.2) is 0 Å². The number of hydrogen-bond donors (Lipinski definition) is 0. The Balaban J connectivity index is 1.69. The highest BCUT2D eigenvalue weighted by molar-refractivity contribution is 5.67. The number of terminal acetylenes is 1. The Morgan fingerprint density at radius 2 is 2.07 bits per heavy atom. The van der Waals surface area contributed by atoms with Crippen LogP contribution in [-0.2, 0) is 22.2 Å². The number of alkyl halides is 3. The number of benzene rings is 1. The van der Waals surface area contributed by atoms with Crippen LogP contribution in [0, 0.1) is 12.3 Å². The normalized spacial score (nSPS) is 20.4. The molecule has 0 spiro atoms. The maximum absolute atomic E-state index is 13.4. The Labute approximate surface area is 155 Å². The lowest BCUT2D eigenvalue weighted by atomic mass is 9.99. The van der Waals surface area contributed by atoms with Gasteiger partial charge in [0.2, 0.25) is 0 Å². The highest BCUT2D eigenvalue weighted by atomic mass is 19.4. The third-order valence-corrected chi connectivity index (χ3v) is 4.84. The van der Waals surface area contributed by atoms with Crippen LogP contribution in [0.4, 0.5) is 13.2 Å². The molecule has 1 aromatic carbocycles. The zero-order chi connectivity index (χ0) is 19.0. The molecule has 0 unspecified atom stereocenters.